The van der Waals surface area contributed by atoms with Gasteiger partial charge in [-0.05, 0) is 43.5 Å². The fraction of sp³-hybridized carbons (Fsp3) is 0.526. The number of aliphatic carboxylic acids is 2. The van der Waals surface area contributed by atoms with Crippen molar-refractivity contribution in [2.75, 3.05) is 19.6 Å². The van der Waals surface area contributed by atoms with Crippen molar-refractivity contribution in [1.29, 1.82) is 0 Å². The Balaban J connectivity index is 0.000000527. The van der Waals surface area contributed by atoms with Gasteiger partial charge in [-0.1, -0.05) is 43.6 Å². The number of carbonyl (C=O) groups is 3. The lowest BCUT2D eigenvalue weighted by molar-refractivity contribution is -0.159. The third kappa shape index (κ3) is 8.88. The summed E-state index contributed by atoms with van der Waals surface area (Å²) in [6, 6.07) is 7.65. The normalized spacial score (nSPS) is 15.0. The van der Waals surface area contributed by atoms with Crippen LogP contribution < -0.4 is 5.32 Å². The summed E-state index contributed by atoms with van der Waals surface area (Å²) in [5, 5.41) is 18.5. The standard InChI is InChI=1S/C17H25ClN2O.C2H2O4/c1-13(2)12-20-9-7-14(8-10-20)17(21)19-11-15-5-3-4-6-16(15)18;3-1(4)2(5)6/h3-6,13-14H,7-12H2,1-2H3,(H,19,21);(H,3,4)(H,5,6). The molecule has 27 heavy (non-hydrogen) atoms. The largest absolute Gasteiger partial charge is 0.473 e. The Morgan fingerprint density at radius 2 is 1.70 bits per heavy atom. The van der Waals surface area contributed by atoms with Crippen molar-refractivity contribution in [3.05, 3.63) is 34.9 Å². The van der Waals surface area contributed by atoms with Crippen LogP contribution in [0.1, 0.15) is 32.3 Å². The second-order valence-corrected chi connectivity index (χ2v) is 7.30. The van der Waals surface area contributed by atoms with Crippen LogP contribution >= 0.6 is 11.6 Å². The third-order valence-corrected chi connectivity index (χ3v) is 4.54. The van der Waals surface area contributed by atoms with E-state index in [-0.39, 0.29) is 11.8 Å². The molecule has 0 bridgehead atoms. The zero-order valence-corrected chi connectivity index (χ0v) is 16.4. The van der Waals surface area contributed by atoms with Gasteiger partial charge < -0.3 is 20.4 Å². The summed E-state index contributed by atoms with van der Waals surface area (Å²) in [7, 11) is 0. The average molecular weight is 399 g/mol. The topological polar surface area (TPSA) is 107 Å². The van der Waals surface area contributed by atoms with Crippen LogP contribution in [0.3, 0.4) is 0 Å². The van der Waals surface area contributed by atoms with Gasteiger partial charge >= 0.3 is 11.9 Å². The Labute approximate surface area is 164 Å². The van der Waals surface area contributed by atoms with Gasteiger partial charge in [-0.15, -0.1) is 0 Å². The maximum Gasteiger partial charge on any atom is 0.414 e. The second kappa shape index (κ2) is 11.6. The summed E-state index contributed by atoms with van der Waals surface area (Å²) >= 11 is 6.10. The average Bonchev–Trinajstić information content (AvgIpc) is 2.61. The number of likely N-dealkylation sites (tertiary alicyclic amines) is 1. The molecule has 8 heteroatoms. The van der Waals surface area contributed by atoms with E-state index in [0.29, 0.717) is 17.5 Å². The number of amides is 1. The maximum atomic E-state index is 12.2. The summed E-state index contributed by atoms with van der Waals surface area (Å²) < 4.78 is 0. The Hall–Kier alpha value is -2.12. The number of carboxylic acids is 2. The summed E-state index contributed by atoms with van der Waals surface area (Å²) in [6.07, 6.45) is 1.92. The predicted octanol–water partition coefficient (Wildman–Crippen LogP) is 2.48. The third-order valence-electron chi connectivity index (χ3n) is 4.18. The van der Waals surface area contributed by atoms with Crippen LogP contribution in [0, 0.1) is 11.8 Å². The highest BCUT2D eigenvalue weighted by atomic mass is 35.5. The molecule has 1 aliphatic heterocycles. The van der Waals surface area contributed by atoms with E-state index >= 15 is 0 Å². The van der Waals surface area contributed by atoms with Crippen molar-refractivity contribution in [2.24, 2.45) is 11.8 Å². The molecular weight excluding hydrogens is 372 g/mol. The Kier molecular flexibility index (Phi) is 9.82. The molecule has 1 aromatic carbocycles. The molecule has 150 valence electrons. The van der Waals surface area contributed by atoms with E-state index in [4.69, 9.17) is 31.4 Å². The quantitative estimate of drug-likeness (QED) is 0.658. The first kappa shape index (κ1) is 22.9. The number of piperidine rings is 1. The van der Waals surface area contributed by atoms with Crippen molar-refractivity contribution >= 4 is 29.4 Å². The second-order valence-electron chi connectivity index (χ2n) is 6.89. The highest BCUT2D eigenvalue weighted by molar-refractivity contribution is 6.31. The highest BCUT2D eigenvalue weighted by Crippen LogP contribution is 2.19. The molecule has 3 N–H and O–H groups in total. The molecule has 1 amide bonds. The number of hydrogen-bond acceptors (Lipinski definition) is 4. The molecule has 0 aliphatic carbocycles. The number of carbonyl (C=O) groups excluding carboxylic acids is 1. The van der Waals surface area contributed by atoms with Crippen LogP contribution in [-0.2, 0) is 20.9 Å². The van der Waals surface area contributed by atoms with Crippen LogP contribution in [0.4, 0.5) is 0 Å². The van der Waals surface area contributed by atoms with Gasteiger partial charge in [0.05, 0.1) is 0 Å². The molecule has 1 aliphatic rings. The van der Waals surface area contributed by atoms with E-state index in [0.717, 1.165) is 38.0 Å². The van der Waals surface area contributed by atoms with Crippen LogP contribution in [0.2, 0.25) is 5.02 Å². The van der Waals surface area contributed by atoms with E-state index in [9.17, 15) is 4.79 Å². The fourth-order valence-corrected chi connectivity index (χ4v) is 3.07. The van der Waals surface area contributed by atoms with Gasteiger partial charge in [0.15, 0.2) is 0 Å². The van der Waals surface area contributed by atoms with Gasteiger partial charge in [0, 0.05) is 24.0 Å². The molecule has 0 saturated carbocycles. The van der Waals surface area contributed by atoms with Gasteiger partial charge in [-0.3, -0.25) is 4.79 Å². The van der Waals surface area contributed by atoms with E-state index in [1.165, 1.54) is 0 Å². The van der Waals surface area contributed by atoms with E-state index in [1.54, 1.807) is 0 Å². The van der Waals surface area contributed by atoms with E-state index in [2.05, 4.69) is 24.1 Å². The van der Waals surface area contributed by atoms with Crippen LogP contribution in [-0.4, -0.2) is 52.6 Å². The summed E-state index contributed by atoms with van der Waals surface area (Å²) in [6.45, 7) is 8.19. The van der Waals surface area contributed by atoms with Crippen molar-refractivity contribution < 1.29 is 24.6 Å². The first-order chi connectivity index (χ1) is 12.7. The first-order valence-electron chi connectivity index (χ1n) is 8.90. The minimum absolute atomic E-state index is 0.149. The minimum Gasteiger partial charge on any atom is -0.473 e. The Morgan fingerprint density at radius 1 is 1.15 bits per heavy atom. The molecule has 0 radical (unpaired) electrons. The smallest absolute Gasteiger partial charge is 0.414 e. The molecule has 0 unspecified atom stereocenters. The van der Waals surface area contributed by atoms with Crippen molar-refractivity contribution in [3.8, 4) is 0 Å². The summed E-state index contributed by atoms with van der Waals surface area (Å²) in [5.41, 5.74) is 0.977. The van der Waals surface area contributed by atoms with Gasteiger partial charge in [0.1, 0.15) is 0 Å². The molecule has 1 fully saturated rings. The Morgan fingerprint density at radius 3 is 2.19 bits per heavy atom. The van der Waals surface area contributed by atoms with Crippen LogP contribution in [0.15, 0.2) is 24.3 Å². The number of hydrogen-bond donors (Lipinski definition) is 3. The zero-order chi connectivity index (χ0) is 20.4. The number of halogens is 1. The maximum absolute atomic E-state index is 12.2. The summed E-state index contributed by atoms with van der Waals surface area (Å²) in [5.74, 6) is -2.64. The van der Waals surface area contributed by atoms with Gasteiger partial charge in [0.25, 0.3) is 0 Å². The van der Waals surface area contributed by atoms with Gasteiger partial charge in [0.2, 0.25) is 5.91 Å². The molecule has 1 saturated heterocycles. The van der Waals surface area contributed by atoms with E-state index in [1.807, 2.05) is 24.3 Å². The highest BCUT2D eigenvalue weighted by Gasteiger charge is 2.24. The molecular formula is C19H27ClN2O5. The first-order valence-corrected chi connectivity index (χ1v) is 9.28. The zero-order valence-electron chi connectivity index (χ0n) is 15.7. The minimum atomic E-state index is -1.82. The lowest BCUT2D eigenvalue weighted by Crippen LogP contribution is -2.41. The molecule has 1 aromatic rings. The van der Waals surface area contributed by atoms with Crippen molar-refractivity contribution in [3.63, 3.8) is 0 Å². The molecule has 0 atom stereocenters. The Bertz CT molecular complexity index is 631. The number of rotatable bonds is 5. The van der Waals surface area contributed by atoms with E-state index < -0.39 is 11.9 Å². The summed E-state index contributed by atoms with van der Waals surface area (Å²) in [4.78, 5) is 32.9. The van der Waals surface area contributed by atoms with Crippen molar-refractivity contribution in [1.82, 2.24) is 10.2 Å². The predicted molar refractivity (Wildman–Crippen MR) is 103 cm³/mol. The number of carboxylic acid groups (broad SMARTS) is 2. The molecule has 2 rings (SSSR count). The molecule has 0 spiro atoms. The van der Waals surface area contributed by atoms with Gasteiger partial charge in [-0.25, -0.2) is 9.59 Å². The number of nitrogens with one attached hydrogen (secondary N) is 1. The lowest BCUT2D eigenvalue weighted by Gasteiger charge is -2.32. The van der Waals surface area contributed by atoms with Crippen LogP contribution in [0.5, 0.6) is 0 Å². The van der Waals surface area contributed by atoms with Crippen molar-refractivity contribution in [2.45, 2.75) is 33.2 Å². The number of nitrogens with zero attached hydrogens (tertiary/aromatic N) is 1. The number of benzene rings is 1. The lowest BCUT2D eigenvalue weighted by atomic mass is 9.95. The molecule has 0 aromatic heterocycles. The van der Waals surface area contributed by atoms with Gasteiger partial charge in [-0.2, -0.15) is 0 Å². The molecule has 1 heterocycles. The monoisotopic (exact) mass is 398 g/mol. The fourth-order valence-electron chi connectivity index (χ4n) is 2.86. The molecule has 7 nitrogen and oxygen atoms in total. The van der Waals surface area contributed by atoms with Crippen LogP contribution in [0.25, 0.3) is 0 Å². The SMILES string of the molecule is CC(C)CN1CCC(C(=O)NCc2ccccc2Cl)CC1.O=C(O)C(=O)O.